The molecule has 1 aliphatic rings. The molecule has 7 heteroatoms. The summed E-state index contributed by atoms with van der Waals surface area (Å²) in [6.07, 6.45) is 1.78. The van der Waals surface area contributed by atoms with Crippen LogP contribution in [-0.4, -0.2) is 54.8 Å². The smallest absolute Gasteiger partial charge is 0.234 e. The van der Waals surface area contributed by atoms with E-state index in [0.29, 0.717) is 25.1 Å². The molecule has 1 aromatic carbocycles. The number of anilines is 2. The molecule has 0 bridgehead atoms. The second-order valence-corrected chi connectivity index (χ2v) is 8.03. The van der Waals surface area contributed by atoms with Gasteiger partial charge >= 0.3 is 0 Å². The van der Waals surface area contributed by atoms with Gasteiger partial charge < -0.3 is 15.5 Å². The van der Waals surface area contributed by atoms with E-state index in [1.165, 1.54) is 0 Å². The van der Waals surface area contributed by atoms with Crippen molar-refractivity contribution in [1.82, 2.24) is 10.2 Å². The number of hydrogen-bond acceptors (Lipinski definition) is 4. The van der Waals surface area contributed by atoms with Crippen molar-refractivity contribution in [3.05, 3.63) is 24.3 Å². The number of likely N-dealkylation sites (N-methyl/N-ethyl adjacent to an activating group) is 1. The van der Waals surface area contributed by atoms with E-state index in [9.17, 15) is 14.4 Å². The molecule has 0 spiro atoms. The van der Waals surface area contributed by atoms with E-state index >= 15 is 0 Å². The Balaban J connectivity index is 1.75. The number of rotatable bonds is 7. The number of amides is 3. The lowest BCUT2D eigenvalue weighted by Gasteiger charge is -2.23. The van der Waals surface area contributed by atoms with Gasteiger partial charge in [0.1, 0.15) is 0 Å². The molecule has 0 aromatic heterocycles. The van der Waals surface area contributed by atoms with Crippen LogP contribution in [0.2, 0.25) is 0 Å². The van der Waals surface area contributed by atoms with Crippen molar-refractivity contribution in [3.63, 3.8) is 0 Å². The highest BCUT2D eigenvalue weighted by molar-refractivity contribution is 5.96. The molecule has 0 aliphatic carbocycles. The van der Waals surface area contributed by atoms with Crippen LogP contribution in [0.5, 0.6) is 0 Å². The molecular weight excluding hydrogens is 344 g/mol. The van der Waals surface area contributed by atoms with Crippen molar-refractivity contribution in [2.45, 2.75) is 45.6 Å². The van der Waals surface area contributed by atoms with Gasteiger partial charge in [0.05, 0.1) is 6.54 Å². The number of nitrogens with zero attached hydrogens (tertiary/aromatic N) is 2. The largest absolute Gasteiger partial charge is 0.350 e. The van der Waals surface area contributed by atoms with Crippen molar-refractivity contribution in [1.29, 1.82) is 0 Å². The van der Waals surface area contributed by atoms with E-state index in [1.807, 2.05) is 44.9 Å². The number of carbonyl (C=O) groups is 3. The zero-order valence-electron chi connectivity index (χ0n) is 16.7. The molecule has 1 saturated heterocycles. The van der Waals surface area contributed by atoms with Crippen LogP contribution < -0.4 is 15.5 Å². The second kappa shape index (κ2) is 8.99. The first-order valence-electron chi connectivity index (χ1n) is 9.34. The molecule has 1 aromatic rings. The van der Waals surface area contributed by atoms with Gasteiger partial charge in [-0.05, 0) is 58.5 Å². The normalized spacial score (nSPS) is 14.6. The molecule has 3 amide bonds. The summed E-state index contributed by atoms with van der Waals surface area (Å²) in [7, 11) is 1.82. The lowest BCUT2D eigenvalue weighted by molar-refractivity contribution is -0.124. The standard InChI is InChI=1S/C20H30N4O3/c1-20(2,3)22-18(26)14-23(4)13-11-17(25)21-15-7-9-16(10-8-15)24-12-5-6-19(24)27/h7-10H,5-6,11-14H2,1-4H3,(H,21,25)(H,22,26). The Kier molecular flexibility index (Phi) is 6.96. The van der Waals surface area contributed by atoms with Gasteiger partial charge in [-0.25, -0.2) is 0 Å². The van der Waals surface area contributed by atoms with Crippen molar-refractivity contribution in [3.8, 4) is 0 Å². The molecule has 2 N–H and O–H groups in total. The van der Waals surface area contributed by atoms with Crippen LogP contribution in [0, 0.1) is 0 Å². The average Bonchev–Trinajstić information content (AvgIpc) is 2.98. The summed E-state index contributed by atoms with van der Waals surface area (Å²) >= 11 is 0. The minimum Gasteiger partial charge on any atom is -0.350 e. The Morgan fingerprint density at radius 2 is 1.81 bits per heavy atom. The maximum atomic E-state index is 12.1. The zero-order valence-corrected chi connectivity index (χ0v) is 16.7. The maximum absolute atomic E-state index is 12.1. The highest BCUT2D eigenvalue weighted by atomic mass is 16.2. The first-order valence-corrected chi connectivity index (χ1v) is 9.34. The van der Waals surface area contributed by atoms with E-state index in [-0.39, 0.29) is 29.8 Å². The Labute approximate surface area is 161 Å². The average molecular weight is 374 g/mol. The van der Waals surface area contributed by atoms with E-state index < -0.39 is 0 Å². The molecule has 2 rings (SSSR count). The second-order valence-electron chi connectivity index (χ2n) is 8.03. The Morgan fingerprint density at radius 3 is 2.37 bits per heavy atom. The topological polar surface area (TPSA) is 81.8 Å². The SMILES string of the molecule is CN(CCC(=O)Nc1ccc(N2CCCC2=O)cc1)CC(=O)NC(C)(C)C. The van der Waals surface area contributed by atoms with Crippen molar-refractivity contribution in [2.75, 3.05) is 36.9 Å². The third kappa shape index (κ3) is 7.02. The fourth-order valence-electron chi connectivity index (χ4n) is 2.94. The molecule has 0 radical (unpaired) electrons. The van der Waals surface area contributed by atoms with Crippen LogP contribution in [0.4, 0.5) is 11.4 Å². The van der Waals surface area contributed by atoms with Gasteiger partial charge in [0.25, 0.3) is 0 Å². The van der Waals surface area contributed by atoms with Crippen molar-refractivity contribution >= 4 is 29.1 Å². The van der Waals surface area contributed by atoms with E-state index in [0.717, 1.165) is 18.7 Å². The summed E-state index contributed by atoms with van der Waals surface area (Å²) in [5.41, 5.74) is 1.30. The van der Waals surface area contributed by atoms with E-state index in [1.54, 1.807) is 17.0 Å². The first kappa shape index (κ1) is 20.9. The molecule has 0 unspecified atom stereocenters. The van der Waals surface area contributed by atoms with Gasteiger partial charge in [0.15, 0.2) is 0 Å². The number of hydrogen-bond donors (Lipinski definition) is 2. The van der Waals surface area contributed by atoms with Crippen LogP contribution >= 0.6 is 0 Å². The predicted molar refractivity (Wildman–Crippen MR) is 107 cm³/mol. The first-order chi connectivity index (χ1) is 12.6. The molecule has 1 fully saturated rings. The van der Waals surface area contributed by atoms with Gasteiger partial charge in [-0.15, -0.1) is 0 Å². The fraction of sp³-hybridized carbons (Fsp3) is 0.550. The Hall–Kier alpha value is -2.41. The van der Waals surface area contributed by atoms with Crippen molar-refractivity contribution < 1.29 is 14.4 Å². The number of benzene rings is 1. The minimum atomic E-state index is -0.263. The van der Waals surface area contributed by atoms with Gasteiger partial charge in [-0.3, -0.25) is 19.3 Å². The minimum absolute atomic E-state index is 0.0579. The molecule has 1 aliphatic heterocycles. The molecule has 0 atom stereocenters. The third-order valence-corrected chi connectivity index (χ3v) is 4.18. The van der Waals surface area contributed by atoms with Gasteiger partial charge in [-0.2, -0.15) is 0 Å². The summed E-state index contributed by atoms with van der Waals surface area (Å²) in [6, 6.07) is 7.31. The van der Waals surface area contributed by atoms with E-state index in [4.69, 9.17) is 0 Å². The van der Waals surface area contributed by atoms with Gasteiger partial charge in [-0.1, -0.05) is 0 Å². The lowest BCUT2D eigenvalue weighted by Crippen LogP contribution is -2.45. The summed E-state index contributed by atoms with van der Waals surface area (Å²) in [5.74, 6) is -0.0224. The molecule has 27 heavy (non-hydrogen) atoms. The maximum Gasteiger partial charge on any atom is 0.234 e. The van der Waals surface area contributed by atoms with Crippen LogP contribution in [0.3, 0.4) is 0 Å². The summed E-state index contributed by atoms with van der Waals surface area (Å²) in [6.45, 7) is 7.29. The lowest BCUT2D eigenvalue weighted by atomic mass is 10.1. The predicted octanol–water partition coefficient (Wildman–Crippen LogP) is 1.99. The van der Waals surface area contributed by atoms with Crippen LogP contribution in [0.1, 0.15) is 40.0 Å². The monoisotopic (exact) mass is 374 g/mol. The van der Waals surface area contributed by atoms with Gasteiger partial charge in [0, 0.05) is 42.8 Å². The summed E-state index contributed by atoms with van der Waals surface area (Å²) in [5, 5.41) is 5.75. The summed E-state index contributed by atoms with van der Waals surface area (Å²) < 4.78 is 0. The van der Waals surface area contributed by atoms with Crippen molar-refractivity contribution in [2.24, 2.45) is 0 Å². The number of nitrogens with one attached hydrogen (secondary N) is 2. The molecular formula is C20H30N4O3. The molecule has 148 valence electrons. The van der Waals surface area contributed by atoms with Crippen LogP contribution in [-0.2, 0) is 14.4 Å². The quantitative estimate of drug-likeness (QED) is 0.765. The Bertz CT molecular complexity index is 679. The Morgan fingerprint density at radius 1 is 1.15 bits per heavy atom. The van der Waals surface area contributed by atoms with E-state index in [2.05, 4.69) is 10.6 Å². The fourth-order valence-corrected chi connectivity index (χ4v) is 2.94. The highest BCUT2D eigenvalue weighted by Gasteiger charge is 2.21. The highest BCUT2D eigenvalue weighted by Crippen LogP contribution is 2.23. The van der Waals surface area contributed by atoms with Gasteiger partial charge in [0.2, 0.25) is 17.7 Å². The molecule has 0 saturated carbocycles. The van der Waals surface area contributed by atoms with Crippen LogP contribution in [0.15, 0.2) is 24.3 Å². The van der Waals surface area contributed by atoms with Crippen LogP contribution in [0.25, 0.3) is 0 Å². The summed E-state index contributed by atoms with van der Waals surface area (Å²) in [4.78, 5) is 39.4. The molecule has 7 nitrogen and oxygen atoms in total. The third-order valence-electron chi connectivity index (χ3n) is 4.18. The number of carbonyl (C=O) groups excluding carboxylic acids is 3. The molecule has 1 heterocycles. The zero-order chi connectivity index (χ0) is 20.0.